The van der Waals surface area contributed by atoms with Gasteiger partial charge in [0.2, 0.25) is 15.9 Å². The average Bonchev–Trinajstić information content (AvgIpc) is 3.27. The van der Waals surface area contributed by atoms with Crippen molar-refractivity contribution in [2.24, 2.45) is 0 Å². The maximum absolute atomic E-state index is 12.5. The number of hydrogen-bond acceptors (Lipinski definition) is 4. The van der Waals surface area contributed by atoms with E-state index in [0.717, 1.165) is 24.0 Å². The second-order valence-electron chi connectivity index (χ2n) is 6.58. The number of nitrogens with one attached hydrogen (secondary N) is 1. The number of thioether (sulfide) groups is 1. The van der Waals surface area contributed by atoms with Crippen molar-refractivity contribution in [1.29, 1.82) is 0 Å². The highest BCUT2D eigenvalue weighted by atomic mass is 32.2. The highest BCUT2D eigenvalue weighted by Gasteiger charge is 2.26. The molecule has 0 saturated carbocycles. The molecule has 1 fully saturated rings. The lowest BCUT2D eigenvalue weighted by Gasteiger charge is -2.15. The summed E-state index contributed by atoms with van der Waals surface area (Å²) in [7, 11) is -3.40. The molecule has 0 aliphatic carbocycles. The number of nitrogens with zero attached hydrogens (tertiary/aromatic N) is 1. The minimum Gasteiger partial charge on any atom is -0.348 e. The van der Waals surface area contributed by atoms with Gasteiger partial charge in [0.15, 0.2) is 0 Å². The smallest absolute Gasteiger partial charge is 0.244 e. The Morgan fingerprint density at radius 1 is 1.07 bits per heavy atom. The molecule has 1 aliphatic rings. The van der Waals surface area contributed by atoms with Crippen molar-refractivity contribution in [3.8, 4) is 0 Å². The van der Waals surface area contributed by atoms with Crippen LogP contribution in [0.15, 0.2) is 64.4 Å². The summed E-state index contributed by atoms with van der Waals surface area (Å²) in [5.74, 6) is -0.192. The van der Waals surface area contributed by atoms with E-state index in [0.29, 0.717) is 24.5 Å². The Bertz CT molecular complexity index is 931. The van der Waals surface area contributed by atoms with E-state index in [1.165, 1.54) is 15.3 Å². The van der Waals surface area contributed by atoms with Crippen molar-refractivity contribution < 1.29 is 13.2 Å². The van der Waals surface area contributed by atoms with Gasteiger partial charge in [0.1, 0.15) is 0 Å². The first-order valence-corrected chi connectivity index (χ1v) is 11.8. The highest BCUT2D eigenvalue weighted by Crippen LogP contribution is 2.21. The summed E-state index contributed by atoms with van der Waals surface area (Å²) in [6.07, 6.45) is 7.12. The van der Waals surface area contributed by atoms with E-state index in [4.69, 9.17) is 0 Å². The van der Waals surface area contributed by atoms with Gasteiger partial charge in [-0.2, -0.15) is 4.31 Å². The molecule has 7 heteroatoms. The molecular weight excluding hydrogens is 392 g/mol. The highest BCUT2D eigenvalue weighted by molar-refractivity contribution is 7.98. The molecule has 0 radical (unpaired) electrons. The Kier molecular flexibility index (Phi) is 6.93. The Morgan fingerprint density at radius 3 is 2.32 bits per heavy atom. The Morgan fingerprint density at radius 2 is 1.71 bits per heavy atom. The van der Waals surface area contributed by atoms with Gasteiger partial charge in [0.25, 0.3) is 0 Å². The molecule has 0 atom stereocenters. The number of sulfonamides is 1. The van der Waals surface area contributed by atoms with Crippen molar-refractivity contribution in [3.63, 3.8) is 0 Å². The SMILES string of the molecule is CSc1ccc(C=CC(=O)NCc2ccc(S(=O)(=O)N3CCCC3)cc2)cc1. The second kappa shape index (κ2) is 9.41. The predicted molar refractivity (Wildman–Crippen MR) is 114 cm³/mol. The summed E-state index contributed by atoms with van der Waals surface area (Å²) >= 11 is 1.67. The molecular formula is C21H24N2O3S2. The third-order valence-electron chi connectivity index (χ3n) is 4.64. The number of rotatable bonds is 7. The van der Waals surface area contributed by atoms with E-state index in [2.05, 4.69) is 5.32 Å². The molecule has 0 aromatic heterocycles. The van der Waals surface area contributed by atoms with Crippen LogP contribution in [0, 0.1) is 0 Å². The van der Waals surface area contributed by atoms with Crippen LogP contribution in [0.25, 0.3) is 6.08 Å². The average molecular weight is 417 g/mol. The fraction of sp³-hybridized carbons (Fsp3) is 0.286. The Balaban J connectivity index is 1.54. The van der Waals surface area contributed by atoms with Gasteiger partial charge in [-0.05, 0) is 60.6 Å². The van der Waals surface area contributed by atoms with Crippen LogP contribution in [0.1, 0.15) is 24.0 Å². The molecule has 1 heterocycles. The van der Waals surface area contributed by atoms with Crippen LogP contribution in [0.5, 0.6) is 0 Å². The van der Waals surface area contributed by atoms with Crippen molar-refractivity contribution in [2.45, 2.75) is 29.2 Å². The number of carbonyl (C=O) groups excluding carboxylic acids is 1. The maximum atomic E-state index is 12.5. The van der Waals surface area contributed by atoms with Gasteiger partial charge in [-0.25, -0.2) is 8.42 Å². The van der Waals surface area contributed by atoms with Gasteiger partial charge in [-0.15, -0.1) is 11.8 Å². The summed E-state index contributed by atoms with van der Waals surface area (Å²) < 4.78 is 26.6. The molecule has 1 aliphatic heterocycles. The lowest BCUT2D eigenvalue weighted by atomic mass is 10.2. The molecule has 148 valence electrons. The molecule has 28 heavy (non-hydrogen) atoms. The monoisotopic (exact) mass is 416 g/mol. The Labute approximate surface area is 170 Å². The fourth-order valence-corrected chi connectivity index (χ4v) is 4.92. The van der Waals surface area contributed by atoms with Gasteiger partial charge in [0, 0.05) is 30.6 Å². The molecule has 1 N–H and O–H groups in total. The quantitative estimate of drug-likeness (QED) is 0.554. The molecule has 3 rings (SSSR count). The summed E-state index contributed by atoms with van der Waals surface area (Å²) in [6, 6.07) is 14.7. The zero-order valence-electron chi connectivity index (χ0n) is 15.8. The van der Waals surface area contributed by atoms with Crippen LogP contribution >= 0.6 is 11.8 Å². The van der Waals surface area contributed by atoms with E-state index < -0.39 is 10.0 Å². The predicted octanol–water partition coefficient (Wildman–Crippen LogP) is 3.52. The van der Waals surface area contributed by atoms with E-state index in [1.54, 1.807) is 42.1 Å². The van der Waals surface area contributed by atoms with E-state index >= 15 is 0 Å². The van der Waals surface area contributed by atoms with Crippen molar-refractivity contribution in [3.05, 3.63) is 65.7 Å². The number of amides is 1. The topological polar surface area (TPSA) is 66.5 Å². The molecule has 1 amide bonds. The summed E-state index contributed by atoms with van der Waals surface area (Å²) in [5, 5.41) is 2.82. The fourth-order valence-electron chi connectivity index (χ4n) is 2.99. The first-order chi connectivity index (χ1) is 13.5. The summed E-state index contributed by atoms with van der Waals surface area (Å²) in [5.41, 5.74) is 1.82. The van der Waals surface area contributed by atoms with E-state index in [9.17, 15) is 13.2 Å². The normalized spacial score (nSPS) is 15.2. The summed E-state index contributed by atoms with van der Waals surface area (Å²) in [4.78, 5) is 13.5. The van der Waals surface area contributed by atoms with E-state index in [1.807, 2.05) is 30.5 Å². The van der Waals surface area contributed by atoms with Crippen molar-refractivity contribution in [2.75, 3.05) is 19.3 Å². The van der Waals surface area contributed by atoms with Crippen LogP contribution in [0.4, 0.5) is 0 Å². The number of benzene rings is 2. The minimum absolute atomic E-state index is 0.192. The molecule has 5 nitrogen and oxygen atoms in total. The lowest BCUT2D eigenvalue weighted by Crippen LogP contribution is -2.27. The van der Waals surface area contributed by atoms with Crippen molar-refractivity contribution in [1.82, 2.24) is 9.62 Å². The minimum atomic E-state index is -3.40. The first kappa shape index (κ1) is 20.6. The molecule has 2 aromatic rings. The molecule has 0 unspecified atom stereocenters. The summed E-state index contributed by atoms with van der Waals surface area (Å²) in [6.45, 7) is 1.53. The van der Waals surface area contributed by atoms with Gasteiger partial charge in [-0.3, -0.25) is 4.79 Å². The van der Waals surface area contributed by atoms with Crippen LogP contribution in [-0.4, -0.2) is 38.0 Å². The van der Waals surface area contributed by atoms with Gasteiger partial charge < -0.3 is 5.32 Å². The van der Waals surface area contributed by atoms with E-state index in [-0.39, 0.29) is 5.91 Å². The van der Waals surface area contributed by atoms with Crippen LogP contribution < -0.4 is 5.32 Å². The van der Waals surface area contributed by atoms with Gasteiger partial charge in [0.05, 0.1) is 4.90 Å². The Hall–Kier alpha value is -2.09. The maximum Gasteiger partial charge on any atom is 0.244 e. The largest absolute Gasteiger partial charge is 0.348 e. The molecule has 1 saturated heterocycles. The number of hydrogen-bond donors (Lipinski definition) is 1. The zero-order chi connectivity index (χ0) is 20.0. The third kappa shape index (κ3) is 5.25. The first-order valence-electron chi connectivity index (χ1n) is 9.18. The third-order valence-corrected chi connectivity index (χ3v) is 7.29. The van der Waals surface area contributed by atoms with Crippen LogP contribution in [0.3, 0.4) is 0 Å². The molecule has 0 spiro atoms. The van der Waals surface area contributed by atoms with Gasteiger partial charge in [-0.1, -0.05) is 24.3 Å². The molecule has 2 aromatic carbocycles. The molecule has 0 bridgehead atoms. The van der Waals surface area contributed by atoms with Crippen molar-refractivity contribution >= 4 is 33.8 Å². The number of carbonyl (C=O) groups is 1. The zero-order valence-corrected chi connectivity index (χ0v) is 17.4. The second-order valence-corrected chi connectivity index (χ2v) is 9.40. The lowest BCUT2D eigenvalue weighted by molar-refractivity contribution is -0.116. The standard InChI is InChI=1S/C21H24N2O3S2/c1-27-19-9-4-17(5-10-19)8-13-21(24)22-16-18-6-11-20(12-7-18)28(25,26)23-14-2-3-15-23/h4-13H,2-3,14-16H2,1H3,(H,22,24). The van der Waals surface area contributed by atoms with Gasteiger partial charge >= 0.3 is 0 Å². The van der Waals surface area contributed by atoms with Crippen LogP contribution in [-0.2, 0) is 21.4 Å². The van der Waals surface area contributed by atoms with Crippen LogP contribution in [0.2, 0.25) is 0 Å².